The molecule has 0 radical (unpaired) electrons. The second-order valence-electron chi connectivity index (χ2n) is 5.79. The Morgan fingerprint density at radius 3 is 2.17 bits per heavy atom. The maximum Gasteiger partial charge on any atom is 0.283 e. The molecule has 0 N–H and O–H groups in total. The van der Waals surface area contributed by atoms with Gasteiger partial charge >= 0.3 is 0 Å². The highest BCUT2D eigenvalue weighted by Gasteiger charge is 2.29. The Kier molecular flexibility index (Phi) is 3.89. The summed E-state index contributed by atoms with van der Waals surface area (Å²) in [6, 6.07) is 3.46. The van der Waals surface area contributed by atoms with Crippen LogP contribution in [0.4, 0.5) is 5.69 Å². The predicted molar refractivity (Wildman–Crippen MR) is 71.3 cm³/mol. The molecule has 4 heteroatoms. The van der Waals surface area contributed by atoms with E-state index in [9.17, 15) is 14.9 Å². The Morgan fingerprint density at radius 1 is 1.28 bits per heavy atom. The number of rotatable bonds is 3. The highest BCUT2D eigenvalue weighted by Crippen LogP contribution is 2.36. The van der Waals surface area contributed by atoms with Gasteiger partial charge in [0, 0.05) is 5.56 Å². The van der Waals surface area contributed by atoms with E-state index in [1.807, 2.05) is 40.7 Å². The maximum absolute atomic E-state index is 11.2. The van der Waals surface area contributed by atoms with Crippen molar-refractivity contribution in [3.8, 4) is 0 Å². The van der Waals surface area contributed by atoms with Crippen molar-refractivity contribution in [2.75, 3.05) is 0 Å². The van der Waals surface area contributed by atoms with Crippen LogP contribution in [0.5, 0.6) is 0 Å². The Labute approximate surface area is 107 Å². The third kappa shape index (κ3) is 2.75. The molecule has 0 saturated heterocycles. The molecule has 1 aromatic rings. The van der Waals surface area contributed by atoms with E-state index in [-0.39, 0.29) is 22.6 Å². The predicted octanol–water partition coefficient (Wildman–Crippen LogP) is 3.83. The van der Waals surface area contributed by atoms with E-state index < -0.39 is 4.92 Å². The molecule has 0 aliphatic carbocycles. The van der Waals surface area contributed by atoms with Crippen molar-refractivity contribution >= 4 is 12.0 Å². The first kappa shape index (κ1) is 14.4. The molecule has 18 heavy (non-hydrogen) atoms. The van der Waals surface area contributed by atoms with E-state index in [1.165, 1.54) is 0 Å². The Balaban J connectivity index is 3.68. The normalized spacial score (nSPS) is 11.7. The van der Waals surface area contributed by atoms with Crippen molar-refractivity contribution in [3.05, 3.63) is 38.9 Å². The van der Waals surface area contributed by atoms with Gasteiger partial charge in [-0.15, -0.1) is 0 Å². The molecule has 0 amide bonds. The molecular formula is C14H19NO3. The minimum Gasteiger partial charge on any atom is -0.298 e. The van der Waals surface area contributed by atoms with Crippen LogP contribution in [0.15, 0.2) is 12.1 Å². The molecular weight excluding hydrogens is 230 g/mol. The van der Waals surface area contributed by atoms with Crippen LogP contribution in [0, 0.1) is 10.1 Å². The van der Waals surface area contributed by atoms with Crippen molar-refractivity contribution in [2.24, 2.45) is 0 Å². The summed E-state index contributed by atoms with van der Waals surface area (Å²) >= 11 is 0. The van der Waals surface area contributed by atoms with E-state index in [0.29, 0.717) is 11.8 Å². The summed E-state index contributed by atoms with van der Waals surface area (Å²) < 4.78 is 0. The largest absolute Gasteiger partial charge is 0.298 e. The average Bonchev–Trinajstić information content (AvgIpc) is 2.25. The van der Waals surface area contributed by atoms with Crippen molar-refractivity contribution in [3.63, 3.8) is 0 Å². The van der Waals surface area contributed by atoms with Gasteiger partial charge in [0.2, 0.25) is 0 Å². The van der Waals surface area contributed by atoms with Crippen LogP contribution in [-0.2, 0) is 5.41 Å². The van der Waals surface area contributed by atoms with Gasteiger partial charge in [-0.3, -0.25) is 14.9 Å². The molecule has 0 unspecified atom stereocenters. The van der Waals surface area contributed by atoms with Gasteiger partial charge in [0.15, 0.2) is 6.29 Å². The first-order chi connectivity index (χ1) is 8.18. The van der Waals surface area contributed by atoms with E-state index in [0.717, 1.165) is 5.56 Å². The van der Waals surface area contributed by atoms with Crippen molar-refractivity contribution in [1.29, 1.82) is 0 Å². The average molecular weight is 249 g/mol. The summed E-state index contributed by atoms with van der Waals surface area (Å²) in [6.45, 7) is 9.74. The first-order valence-electron chi connectivity index (χ1n) is 5.96. The van der Waals surface area contributed by atoms with Crippen LogP contribution < -0.4 is 0 Å². The number of nitro benzene ring substituents is 1. The van der Waals surface area contributed by atoms with Gasteiger partial charge in [-0.25, -0.2) is 0 Å². The van der Waals surface area contributed by atoms with Crippen LogP contribution in [0.3, 0.4) is 0 Å². The molecule has 1 aromatic carbocycles. The summed E-state index contributed by atoms with van der Waals surface area (Å²) in [5.74, 6) is 0.227. The number of aldehydes is 1. The lowest BCUT2D eigenvalue weighted by molar-refractivity contribution is -0.386. The fourth-order valence-electron chi connectivity index (χ4n) is 1.88. The quantitative estimate of drug-likeness (QED) is 0.464. The van der Waals surface area contributed by atoms with Crippen LogP contribution in [0.1, 0.15) is 62.0 Å². The standard InChI is InChI=1S/C14H19NO3/c1-9(2)10-6-11(8-16)13(15(17)18)12(7-10)14(3,4)5/h6-9H,1-5H3. The summed E-state index contributed by atoms with van der Waals surface area (Å²) in [4.78, 5) is 21.8. The number of hydrogen-bond acceptors (Lipinski definition) is 3. The number of nitro groups is 1. The second-order valence-corrected chi connectivity index (χ2v) is 5.79. The molecule has 0 aliphatic heterocycles. The Bertz CT molecular complexity index is 485. The van der Waals surface area contributed by atoms with Gasteiger partial charge < -0.3 is 0 Å². The topological polar surface area (TPSA) is 60.2 Å². The number of hydrogen-bond donors (Lipinski definition) is 0. The van der Waals surface area contributed by atoms with E-state index in [1.54, 1.807) is 6.07 Å². The van der Waals surface area contributed by atoms with Crippen molar-refractivity contribution < 1.29 is 9.72 Å². The Morgan fingerprint density at radius 2 is 1.83 bits per heavy atom. The summed E-state index contributed by atoms with van der Waals surface area (Å²) in [5.41, 5.74) is 1.29. The monoisotopic (exact) mass is 249 g/mol. The summed E-state index contributed by atoms with van der Waals surface area (Å²) in [6.07, 6.45) is 0.569. The number of benzene rings is 1. The molecule has 0 atom stereocenters. The van der Waals surface area contributed by atoms with Gasteiger partial charge in [0.1, 0.15) is 0 Å². The SMILES string of the molecule is CC(C)c1cc(C=O)c([N+](=O)[O-])c(C(C)(C)C)c1. The molecule has 98 valence electrons. The van der Waals surface area contributed by atoms with E-state index in [4.69, 9.17) is 0 Å². The molecule has 0 aromatic heterocycles. The molecule has 0 fully saturated rings. The van der Waals surface area contributed by atoms with Crippen LogP contribution in [0.25, 0.3) is 0 Å². The number of carbonyl (C=O) groups excluding carboxylic acids is 1. The van der Waals surface area contributed by atoms with Gasteiger partial charge in [0.25, 0.3) is 5.69 Å². The maximum atomic E-state index is 11.2. The van der Waals surface area contributed by atoms with Gasteiger partial charge in [0.05, 0.1) is 10.5 Å². The van der Waals surface area contributed by atoms with Gasteiger partial charge in [-0.1, -0.05) is 34.6 Å². The minimum absolute atomic E-state index is 0.0677. The van der Waals surface area contributed by atoms with Crippen LogP contribution >= 0.6 is 0 Å². The molecule has 0 bridgehead atoms. The molecule has 1 rings (SSSR count). The van der Waals surface area contributed by atoms with Crippen molar-refractivity contribution in [1.82, 2.24) is 0 Å². The first-order valence-corrected chi connectivity index (χ1v) is 5.96. The molecule has 0 spiro atoms. The molecule has 0 aliphatic rings. The fraction of sp³-hybridized carbons (Fsp3) is 0.500. The number of nitrogens with zero attached hydrogens (tertiary/aromatic N) is 1. The highest BCUT2D eigenvalue weighted by molar-refractivity contribution is 5.83. The zero-order valence-electron chi connectivity index (χ0n) is 11.5. The van der Waals surface area contributed by atoms with Crippen molar-refractivity contribution in [2.45, 2.75) is 46.0 Å². The lowest BCUT2D eigenvalue weighted by Crippen LogP contribution is -2.16. The third-order valence-corrected chi connectivity index (χ3v) is 2.95. The number of carbonyl (C=O) groups is 1. The molecule has 4 nitrogen and oxygen atoms in total. The zero-order chi connectivity index (χ0) is 14.1. The zero-order valence-corrected chi connectivity index (χ0v) is 11.5. The second kappa shape index (κ2) is 4.88. The van der Waals surface area contributed by atoms with Gasteiger partial charge in [-0.05, 0) is 29.0 Å². The summed E-state index contributed by atoms with van der Waals surface area (Å²) in [5, 5.41) is 11.2. The van der Waals surface area contributed by atoms with Crippen LogP contribution in [-0.4, -0.2) is 11.2 Å². The summed E-state index contributed by atoms with van der Waals surface area (Å²) in [7, 11) is 0. The highest BCUT2D eigenvalue weighted by atomic mass is 16.6. The lowest BCUT2D eigenvalue weighted by Gasteiger charge is -2.21. The minimum atomic E-state index is -0.464. The fourth-order valence-corrected chi connectivity index (χ4v) is 1.88. The lowest BCUT2D eigenvalue weighted by atomic mass is 9.82. The van der Waals surface area contributed by atoms with E-state index >= 15 is 0 Å². The Hall–Kier alpha value is -1.71. The third-order valence-electron chi connectivity index (χ3n) is 2.95. The molecule has 0 heterocycles. The molecule has 0 saturated carbocycles. The smallest absolute Gasteiger partial charge is 0.283 e. The van der Waals surface area contributed by atoms with Crippen LogP contribution in [0.2, 0.25) is 0 Å². The van der Waals surface area contributed by atoms with Gasteiger partial charge in [-0.2, -0.15) is 0 Å². The van der Waals surface area contributed by atoms with E-state index in [2.05, 4.69) is 0 Å².